The third-order valence-electron chi connectivity index (χ3n) is 4.09. The molecule has 2 rings (SSSR count). The maximum atomic E-state index is 11.6. The molecule has 2 aromatic rings. The third-order valence-corrected chi connectivity index (χ3v) is 4.09. The van der Waals surface area contributed by atoms with Crippen molar-refractivity contribution in [2.24, 2.45) is 0 Å². The number of benzene rings is 2. The maximum absolute atomic E-state index is 11.6. The second kappa shape index (κ2) is 6.71. The molecule has 0 N–H and O–H groups in total. The highest BCUT2D eigenvalue weighted by Crippen LogP contribution is 2.31. The molecule has 2 aromatic carbocycles. The van der Waals surface area contributed by atoms with E-state index in [0.29, 0.717) is 0 Å². The molecule has 0 fully saturated rings. The molecule has 0 aliphatic heterocycles. The first-order valence-electron chi connectivity index (χ1n) is 7.86. The Morgan fingerprint density at radius 2 is 1.52 bits per heavy atom. The van der Waals surface area contributed by atoms with E-state index in [2.05, 4.69) is 39.0 Å². The minimum absolute atomic E-state index is 0.123. The zero-order valence-electron chi connectivity index (χ0n) is 13.5. The lowest BCUT2D eigenvalue weighted by Gasteiger charge is -2.16. The number of carbonyl (C=O) groups excluding carboxylic acids is 1. The molecule has 0 amide bonds. The number of hydrogen-bond donors (Lipinski definition) is 0. The van der Waals surface area contributed by atoms with Gasteiger partial charge in [-0.05, 0) is 60.1 Å². The molecule has 0 radical (unpaired) electrons. The third kappa shape index (κ3) is 3.24. The van der Waals surface area contributed by atoms with Crippen LogP contribution in [0.5, 0.6) is 0 Å². The standard InChI is InChI=1S/C20H24O/c1-5-15-11-16(6-2)20(17(7-3)12-15)19-10-8-9-18(13-19)14(4)21/h8-13H,5-7H2,1-4H3. The highest BCUT2D eigenvalue weighted by molar-refractivity contribution is 5.95. The van der Waals surface area contributed by atoms with Crippen LogP contribution in [-0.4, -0.2) is 5.78 Å². The average Bonchev–Trinajstić information content (AvgIpc) is 2.53. The topological polar surface area (TPSA) is 17.1 Å². The van der Waals surface area contributed by atoms with Gasteiger partial charge in [-0.1, -0.05) is 51.1 Å². The monoisotopic (exact) mass is 280 g/mol. The zero-order chi connectivity index (χ0) is 15.4. The van der Waals surface area contributed by atoms with E-state index in [1.165, 1.54) is 27.8 Å². The van der Waals surface area contributed by atoms with Crippen molar-refractivity contribution in [2.45, 2.75) is 47.0 Å². The van der Waals surface area contributed by atoms with Gasteiger partial charge in [-0.15, -0.1) is 0 Å². The van der Waals surface area contributed by atoms with E-state index in [-0.39, 0.29) is 5.78 Å². The minimum atomic E-state index is 0.123. The minimum Gasteiger partial charge on any atom is -0.295 e. The Labute approximate surface area is 128 Å². The van der Waals surface area contributed by atoms with Crippen molar-refractivity contribution in [1.29, 1.82) is 0 Å². The molecule has 0 spiro atoms. The Bertz CT molecular complexity index is 628. The van der Waals surface area contributed by atoms with Crippen molar-refractivity contribution in [1.82, 2.24) is 0 Å². The molecule has 110 valence electrons. The summed E-state index contributed by atoms with van der Waals surface area (Å²) in [7, 11) is 0. The fraction of sp³-hybridized carbons (Fsp3) is 0.350. The van der Waals surface area contributed by atoms with Crippen LogP contribution >= 0.6 is 0 Å². The molecule has 0 aliphatic carbocycles. The van der Waals surface area contributed by atoms with Gasteiger partial charge in [0.15, 0.2) is 5.78 Å². The van der Waals surface area contributed by atoms with Crippen LogP contribution in [0.4, 0.5) is 0 Å². The zero-order valence-corrected chi connectivity index (χ0v) is 13.5. The summed E-state index contributed by atoms with van der Waals surface area (Å²) < 4.78 is 0. The van der Waals surface area contributed by atoms with Crippen LogP contribution < -0.4 is 0 Å². The molecule has 1 heteroatoms. The average molecular weight is 280 g/mol. The summed E-state index contributed by atoms with van der Waals surface area (Å²) in [6.45, 7) is 8.23. The summed E-state index contributed by atoms with van der Waals surface area (Å²) in [5.74, 6) is 0.123. The lowest BCUT2D eigenvalue weighted by Crippen LogP contribution is -1.99. The fourth-order valence-electron chi connectivity index (χ4n) is 2.87. The molecule has 1 nitrogen and oxygen atoms in total. The maximum Gasteiger partial charge on any atom is 0.159 e. The van der Waals surface area contributed by atoms with Crippen LogP contribution in [0, 0.1) is 0 Å². The van der Waals surface area contributed by atoms with Gasteiger partial charge in [-0.2, -0.15) is 0 Å². The van der Waals surface area contributed by atoms with Crippen molar-refractivity contribution < 1.29 is 4.79 Å². The SMILES string of the molecule is CCc1cc(CC)c(-c2cccc(C(C)=O)c2)c(CC)c1. The molecular formula is C20H24O. The Hall–Kier alpha value is -1.89. The van der Waals surface area contributed by atoms with E-state index in [9.17, 15) is 4.79 Å². The quantitative estimate of drug-likeness (QED) is 0.684. The predicted molar refractivity (Wildman–Crippen MR) is 90.0 cm³/mol. The molecule has 0 atom stereocenters. The molecule has 21 heavy (non-hydrogen) atoms. The van der Waals surface area contributed by atoms with Crippen molar-refractivity contribution in [2.75, 3.05) is 0 Å². The van der Waals surface area contributed by atoms with Gasteiger partial charge in [-0.3, -0.25) is 4.79 Å². The Kier molecular flexibility index (Phi) is 4.95. The number of rotatable bonds is 5. The van der Waals surface area contributed by atoms with Gasteiger partial charge in [-0.25, -0.2) is 0 Å². The summed E-state index contributed by atoms with van der Waals surface area (Å²) in [4.78, 5) is 11.6. The Morgan fingerprint density at radius 3 is 2.00 bits per heavy atom. The molecule has 0 aliphatic rings. The summed E-state index contributed by atoms with van der Waals surface area (Å²) in [5.41, 5.74) is 7.43. The first kappa shape index (κ1) is 15.5. The second-order valence-electron chi connectivity index (χ2n) is 5.49. The molecule has 0 heterocycles. The van der Waals surface area contributed by atoms with Gasteiger partial charge in [0, 0.05) is 5.56 Å². The molecule has 0 bridgehead atoms. The van der Waals surface area contributed by atoms with Gasteiger partial charge >= 0.3 is 0 Å². The number of Topliss-reactive ketones (excluding diaryl/α,β-unsaturated/α-hetero) is 1. The van der Waals surface area contributed by atoms with Gasteiger partial charge in [0.1, 0.15) is 0 Å². The van der Waals surface area contributed by atoms with Crippen LogP contribution in [-0.2, 0) is 19.3 Å². The van der Waals surface area contributed by atoms with Crippen molar-refractivity contribution in [3.05, 3.63) is 58.7 Å². The number of hydrogen-bond acceptors (Lipinski definition) is 1. The van der Waals surface area contributed by atoms with E-state index in [4.69, 9.17) is 0 Å². The predicted octanol–water partition coefficient (Wildman–Crippen LogP) is 5.24. The van der Waals surface area contributed by atoms with Gasteiger partial charge < -0.3 is 0 Å². The summed E-state index contributed by atoms with van der Waals surface area (Å²) in [6, 6.07) is 12.7. The van der Waals surface area contributed by atoms with Crippen LogP contribution in [0.25, 0.3) is 11.1 Å². The molecule has 0 saturated carbocycles. The van der Waals surface area contributed by atoms with Crippen LogP contribution in [0.3, 0.4) is 0 Å². The van der Waals surface area contributed by atoms with Gasteiger partial charge in [0.05, 0.1) is 0 Å². The molecule has 0 saturated heterocycles. The smallest absolute Gasteiger partial charge is 0.159 e. The largest absolute Gasteiger partial charge is 0.295 e. The van der Waals surface area contributed by atoms with Crippen LogP contribution in [0.15, 0.2) is 36.4 Å². The van der Waals surface area contributed by atoms with E-state index in [1.54, 1.807) is 6.92 Å². The summed E-state index contributed by atoms with van der Waals surface area (Å²) in [6.07, 6.45) is 3.09. The Morgan fingerprint density at radius 1 is 0.905 bits per heavy atom. The van der Waals surface area contributed by atoms with E-state index < -0.39 is 0 Å². The molecule has 0 unspecified atom stereocenters. The van der Waals surface area contributed by atoms with Crippen LogP contribution in [0.2, 0.25) is 0 Å². The van der Waals surface area contributed by atoms with E-state index in [1.807, 2.05) is 18.2 Å². The first-order chi connectivity index (χ1) is 10.1. The Balaban J connectivity index is 2.67. The van der Waals surface area contributed by atoms with Crippen molar-refractivity contribution >= 4 is 5.78 Å². The number of carbonyl (C=O) groups is 1. The van der Waals surface area contributed by atoms with Crippen molar-refractivity contribution in [3.63, 3.8) is 0 Å². The van der Waals surface area contributed by atoms with Gasteiger partial charge in [0.2, 0.25) is 0 Å². The number of aryl methyl sites for hydroxylation is 3. The number of ketones is 1. The van der Waals surface area contributed by atoms with Gasteiger partial charge in [0.25, 0.3) is 0 Å². The lowest BCUT2D eigenvalue weighted by molar-refractivity contribution is 0.101. The lowest BCUT2D eigenvalue weighted by atomic mass is 9.88. The summed E-state index contributed by atoms with van der Waals surface area (Å²) in [5, 5.41) is 0. The highest BCUT2D eigenvalue weighted by atomic mass is 16.1. The molecular weight excluding hydrogens is 256 g/mol. The van der Waals surface area contributed by atoms with Crippen molar-refractivity contribution in [3.8, 4) is 11.1 Å². The normalized spacial score (nSPS) is 10.7. The molecule has 0 aromatic heterocycles. The highest BCUT2D eigenvalue weighted by Gasteiger charge is 2.12. The van der Waals surface area contributed by atoms with E-state index >= 15 is 0 Å². The fourth-order valence-corrected chi connectivity index (χ4v) is 2.87. The first-order valence-corrected chi connectivity index (χ1v) is 7.86. The second-order valence-corrected chi connectivity index (χ2v) is 5.49. The van der Waals surface area contributed by atoms with E-state index in [0.717, 1.165) is 24.8 Å². The van der Waals surface area contributed by atoms with Crippen LogP contribution in [0.1, 0.15) is 54.7 Å². The summed E-state index contributed by atoms with van der Waals surface area (Å²) >= 11 is 0.